The molecule has 4 N–H and O–H groups in total. The number of nitrogens with one attached hydrogen (secondary N) is 3. The van der Waals surface area contributed by atoms with Crippen molar-refractivity contribution in [2.75, 3.05) is 6.54 Å². The Kier molecular flexibility index (Phi) is 12.8. The number of carbonyl (C=O) groups is 4. The Morgan fingerprint density at radius 3 is 2.07 bits per heavy atom. The van der Waals surface area contributed by atoms with E-state index in [1.54, 1.807) is 20.8 Å². The molecule has 0 aliphatic heterocycles. The molecular formula is C21H39N3O6. The lowest BCUT2D eigenvalue weighted by molar-refractivity contribution is -0.138. The van der Waals surface area contributed by atoms with Crippen molar-refractivity contribution >= 4 is 23.9 Å². The maximum Gasteiger partial charge on any atom is 0.408 e. The van der Waals surface area contributed by atoms with Gasteiger partial charge in [0.05, 0.1) is 0 Å². The summed E-state index contributed by atoms with van der Waals surface area (Å²) < 4.78 is 5.23. The monoisotopic (exact) mass is 429 g/mol. The van der Waals surface area contributed by atoms with Gasteiger partial charge in [0.1, 0.15) is 24.2 Å². The Labute approximate surface area is 179 Å². The zero-order chi connectivity index (χ0) is 23.3. The summed E-state index contributed by atoms with van der Waals surface area (Å²) in [5.74, 6) is -2.11. The summed E-state index contributed by atoms with van der Waals surface area (Å²) in [6.45, 7) is 10.6. The first-order valence-corrected chi connectivity index (χ1v) is 10.6. The Bertz CT molecular complexity index is 572. The van der Waals surface area contributed by atoms with Crippen LogP contribution in [0.25, 0.3) is 0 Å². The molecular weight excluding hydrogens is 390 g/mol. The van der Waals surface area contributed by atoms with Gasteiger partial charge in [0.2, 0.25) is 11.8 Å². The predicted octanol–water partition coefficient (Wildman–Crippen LogP) is 2.58. The molecule has 0 bridgehead atoms. The lowest BCUT2D eigenvalue weighted by Crippen LogP contribution is -2.54. The summed E-state index contributed by atoms with van der Waals surface area (Å²) in [4.78, 5) is 48.1. The van der Waals surface area contributed by atoms with Crippen molar-refractivity contribution in [3.8, 4) is 0 Å². The van der Waals surface area contributed by atoms with Crippen molar-refractivity contribution in [2.45, 2.75) is 97.8 Å². The van der Waals surface area contributed by atoms with E-state index in [1.807, 2.05) is 13.8 Å². The molecule has 0 aromatic rings. The molecule has 0 aromatic heterocycles. The summed E-state index contributed by atoms with van der Waals surface area (Å²) in [5, 5.41) is 16.4. The van der Waals surface area contributed by atoms with Gasteiger partial charge in [-0.15, -0.1) is 0 Å². The third-order valence-electron chi connectivity index (χ3n) is 4.11. The highest BCUT2D eigenvalue weighted by atomic mass is 16.6. The fraction of sp³-hybridized carbons (Fsp3) is 0.810. The molecule has 3 amide bonds. The Hall–Kier alpha value is -2.32. The summed E-state index contributed by atoms with van der Waals surface area (Å²) in [5.41, 5.74) is -0.707. The van der Waals surface area contributed by atoms with E-state index in [4.69, 9.17) is 9.84 Å². The molecule has 0 saturated carbocycles. The molecule has 0 fully saturated rings. The Balaban J connectivity index is 5.18. The molecule has 9 nitrogen and oxygen atoms in total. The number of aliphatic carboxylic acids is 1. The molecule has 0 spiro atoms. The van der Waals surface area contributed by atoms with E-state index in [0.29, 0.717) is 19.3 Å². The largest absolute Gasteiger partial charge is 0.480 e. The Morgan fingerprint density at radius 1 is 0.933 bits per heavy atom. The summed E-state index contributed by atoms with van der Waals surface area (Å²) in [7, 11) is 0. The second-order valence-corrected chi connectivity index (χ2v) is 8.85. The molecule has 0 aromatic carbocycles. The normalized spacial score (nSPS) is 13.3. The predicted molar refractivity (Wildman–Crippen MR) is 114 cm³/mol. The molecule has 9 heteroatoms. The minimum Gasteiger partial charge on any atom is -0.480 e. The van der Waals surface area contributed by atoms with Gasteiger partial charge in [-0.25, -0.2) is 4.79 Å². The summed E-state index contributed by atoms with van der Waals surface area (Å²) >= 11 is 0. The Morgan fingerprint density at radius 2 is 1.57 bits per heavy atom. The highest BCUT2D eigenvalue weighted by Crippen LogP contribution is 2.11. The fourth-order valence-electron chi connectivity index (χ4n) is 2.76. The van der Waals surface area contributed by atoms with Crippen LogP contribution in [0, 0.1) is 5.92 Å². The third kappa shape index (κ3) is 13.8. The average molecular weight is 430 g/mol. The van der Waals surface area contributed by atoms with Crippen LogP contribution in [0.15, 0.2) is 0 Å². The molecule has 0 rings (SSSR count). The van der Waals surface area contributed by atoms with Gasteiger partial charge in [-0.05, 0) is 39.5 Å². The van der Waals surface area contributed by atoms with Crippen molar-refractivity contribution < 1.29 is 29.0 Å². The van der Waals surface area contributed by atoms with E-state index in [1.165, 1.54) is 0 Å². The van der Waals surface area contributed by atoms with E-state index in [0.717, 1.165) is 19.3 Å². The molecule has 0 heterocycles. The van der Waals surface area contributed by atoms with Gasteiger partial charge in [0.15, 0.2) is 0 Å². The first-order valence-electron chi connectivity index (χ1n) is 10.6. The zero-order valence-electron chi connectivity index (χ0n) is 19.2. The molecule has 0 unspecified atom stereocenters. The molecule has 0 saturated heterocycles. The number of ether oxygens (including phenoxy) is 1. The van der Waals surface area contributed by atoms with Gasteiger partial charge in [0.25, 0.3) is 0 Å². The minimum atomic E-state index is -1.16. The SMILES string of the molecule is CCCCCC[C@@H](NC(=O)[C@H](CC(C)C)NC(=O)OC(C)(C)C)C(=O)NCC(=O)O. The maximum atomic E-state index is 12.8. The van der Waals surface area contributed by atoms with Gasteiger partial charge < -0.3 is 25.8 Å². The van der Waals surface area contributed by atoms with Crippen LogP contribution in [-0.4, -0.2) is 53.2 Å². The van der Waals surface area contributed by atoms with Crippen LogP contribution in [0.3, 0.4) is 0 Å². The van der Waals surface area contributed by atoms with Crippen LogP contribution in [0.1, 0.15) is 80.1 Å². The number of hydrogen-bond donors (Lipinski definition) is 4. The van der Waals surface area contributed by atoms with Gasteiger partial charge in [-0.2, -0.15) is 0 Å². The minimum absolute atomic E-state index is 0.111. The van der Waals surface area contributed by atoms with Gasteiger partial charge in [-0.3, -0.25) is 14.4 Å². The van der Waals surface area contributed by atoms with E-state index in [-0.39, 0.29) is 5.92 Å². The molecule has 30 heavy (non-hydrogen) atoms. The summed E-state index contributed by atoms with van der Waals surface area (Å²) in [6, 6.07) is -1.74. The highest BCUT2D eigenvalue weighted by molar-refractivity contribution is 5.92. The third-order valence-corrected chi connectivity index (χ3v) is 4.11. The molecule has 0 aliphatic rings. The van der Waals surface area contributed by atoms with Crippen molar-refractivity contribution in [2.24, 2.45) is 5.92 Å². The van der Waals surface area contributed by atoms with E-state index in [2.05, 4.69) is 22.9 Å². The number of rotatable bonds is 13. The average Bonchev–Trinajstić information content (AvgIpc) is 2.59. The smallest absolute Gasteiger partial charge is 0.408 e. The highest BCUT2D eigenvalue weighted by Gasteiger charge is 2.28. The lowest BCUT2D eigenvalue weighted by Gasteiger charge is -2.26. The van der Waals surface area contributed by atoms with Crippen LogP contribution in [-0.2, 0) is 19.1 Å². The fourth-order valence-corrected chi connectivity index (χ4v) is 2.76. The number of carboxylic acid groups (broad SMARTS) is 1. The molecule has 2 atom stereocenters. The maximum absolute atomic E-state index is 12.8. The lowest BCUT2D eigenvalue weighted by atomic mass is 10.0. The number of unbranched alkanes of at least 4 members (excludes halogenated alkanes) is 3. The van der Waals surface area contributed by atoms with Crippen LogP contribution in [0.5, 0.6) is 0 Å². The standard InChI is InChI=1S/C21H39N3O6/c1-7-8-9-10-11-15(18(27)22-13-17(25)26)23-19(28)16(12-14(2)3)24-20(29)30-21(4,5)6/h14-16H,7-13H2,1-6H3,(H,22,27)(H,23,28)(H,24,29)(H,25,26)/t15-,16+/m1/s1. The number of carboxylic acids is 1. The van der Waals surface area contributed by atoms with E-state index >= 15 is 0 Å². The number of carbonyl (C=O) groups excluding carboxylic acids is 3. The van der Waals surface area contributed by atoms with Crippen molar-refractivity contribution in [3.63, 3.8) is 0 Å². The molecule has 174 valence electrons. The van der Waals surface area contributed by atoms with Crippen LogP contribution < -0.4 is 16.0 Å². The number of hydrogen-bond acceptors (Lipinski definition) is 5. The van der Waals surface area contributed by atoms with Gasteiger partial charge >= 0.3 is 12.1 Å². The topological polar surface area (TPSA) is 134 Å². The zero-order valence-corrected chi connectivity index (χ0v) is 19.2. The van der Waals surface area contributed by atoms with Gasteiger partial charge in [-0.1, -0.05) is 46.5 Å². The van der Waals surface area contributed by atoms with Crippen molar-refractivity contribution in [3.05, 3.63) is 0 Å². The quantitative estimate of drug-likeness (QED) is 0.333. The van der Waals surface area contributed by atoms with E-state index < -0.39 is 48.1 Å². The molecule has 0 radical (unpaired) electrons. The first kappa shape index (κ1) is 27.7. The second-order valence-electron chi connectivity index (χ2n) is 8.85. The van der Waals surface area contributed by atoms with Crippen molar-refractivity contribution in [1.82, 2.24) is 16.0 Å². The van der Waals surface area contributed by atoms with Crippen molar-refractivity contribution in [1.29, 1.82) is 0 Å². The first-order chi connectivity index (χ1) is 13.9. The second kappa shape index (κ2) is 13.8. The van der Waals surface area contributed by atoms with Crippen LogP contribution >= 0.6 is 0 Å². The van der Waals surface area contributed by atoms with E-state index in [9.17, 15) is 19.2 Å². The summed E-state index contributed by atoms with van der Waals surface area (Å²) in [6.07, 6.45) is 3.70. The van der Waals surface area contributed by atoms with Crippen LogP contribution in [0.2, 0.25) is 0 Å². The van der Waals surface area contributed by atoms with Gasteiger partial charge in [0, 0.05) is 0 Å². The number of alkyl carbamates (subject to hydrolysis) is 1. The van der Waals surface area contributed by atoms with Crippen LogP contribution in [0.4, 0.5) is 4.79 Å². The number of amides is 3. The molecule has 0 aliphatic carbocycles.